The molecule has 0 atom stereocenters. The van der Waals surface area contributed by atoms with Gasteiger partial charge in [-0.05, 0) is 0 Å². The molecular weight excluding hydrogens is 114 g/mol. The highest BCUT2D eigenvalue weighted by molar-refractivity contribution is 5.55. The summed E-state index contributed by atoms with van der Waals surface area (Å²) < 4.78 is 0. The number of rotatable bonds is 0. The highest BCUT2D eigenvalue weighted by Gasteiger charge is 2.21. The largest absolute Gasteiger partial charge is 0.301 e. The van der Waals surface area contributed by atoms with Crippen LogP contribution < -0.4 is 5.84 Å². The van der Waals surface area contributed by atoms with Crippen LogP contribution >= 0.6 is 0 Å². The lowest BCUT2D eigenvalue weighted by Crippen LogP contribution is -2.43. The summed E-state index contributed by atoms with van der Waals surface area (Å²) in [5, 5.41) is 1.63. The molecule has 52 valence electrons. The Labute approximate surface area is 55.5 Å². The third kappa shape index (κ3) is 1.68. The molecule has 1 rings (SSSR count). The Morgan fingerprint density at radius 3 is 2.67 bits per heavy atom. The van der Waals surface area contributed by atoms with Gasteiger partial charge in [0.1, 0.15) is 0 Å². The van der Waals surface area contributed by atoms with Crippen molar-refractivity contribution in [3.8, 4) is 0 Å². The van der Waals surface area contributed by atoms with Crippen molar-refractivity contribution in [3.05, 3.63) is 0 Å². The summed E-state index contributed by atoms with van der Waals surface area (Å²) in [5.41, 5.74) is 0.253. The zero-order valence-electron chi connectivity index (χ0n) is 5.96. The molecule has 0 saturated heterocycles. The van der Waals surface area contributed by atoms with Crippen molar-refractivity contribution >= 4 is 6.34 Å². The predicted molar refractivity (Wildman–Crippen MR) is 38.0 cm³/mol. The zero-order valence-corrected chi connectivity index (χ0v) is 5.96. The lowest BCUT2D eigenvalue weighted by molar-refractivity contribution is 0.251. The smallest absolute Gasteiger partial charge is 0.0990 e. The lowest BCUT2D eigenvalue weighted by atomic mass is 9.93. The Bertz CT molecular complexity index is 128. The number of hydrazine groups is 1. The number of hydrogen-bond donors (Lipinski definition) is 1. The Morgan fingerprint density at radius 2 is 2.33 bits per heavy atom. The van der Waals surface area contributed by atoms with Crippen molar-refractivity contribution in [1.29, 1.82) is 0 Å². The van der Waals surface area contributed by atoms with Crippen molar-refractivity contribution < 1.29 is 0 Å². The van der Waals surface area contributed by atoms with E-state index in [4.69, 9.17) is 5.84 Å². The van der Waals surface area contributed by atoms with E-state index in [2.05, 4.69) is 18.8 Å². The first-order valence-electron chi connectivity index (χ1n) is 3.11. The van der Waals surface area contributed by atoms with Crippen molar-refractivity contribution in [2.75, 3.05) is 13.1 Å². The fourth-order valence-corrected chi connectivity index (χ4v) is 0.978. The molecular formula is C6H13N3. The molecule has 0 aromatic carbocycles. The van der Waals surface area contributed by atoms with Crippen molar-refractivity contribution in [1.82, 2.24) is 5.01 Å². The van der Waals surface area contributed by atoms with Gasteiger partial charge in [0.2, 0.25) is 0 Å². The molecule has 3 nitrogen and oxygen atoms in total. The zero-order chi connectivity index (χ0) is 6.91. The Balaban J connectivity index is 2.58. The molecule has 0 radical (unpaired) electrons. The molecule has 0 fully saturated rings. The van der Waals surface area contributed by atoms with Crippen LogP contribution in [0.15, 0.2) is 4.99 Å². The van der Waals surface area contributed by atoms with E-state index in [9.17, 15) is 0 Å². The summed E-state index contributed by atoms with van der Waals surface area (Å²) in [7, 11) is 0. The molecule has 2 N–H and O–H groups in total. The fourth-order valence-electron chi connectivity index (χ4n) is 0.978. The van der Waals surface area contributed by atoms with Crippen molar-refractivity contribution in [3.63, 3.8) is 0 Å². The summed E-state index contributed by atoms with van der Waals surface area (Å²) in [6.07, 6.45) is 1.69. The van der Waals surface area contributed by atoms with Gasteiger partial charge in [0.05, 0.1) is 6.34 Å². The van der Waals surface area contributed by atoms with Gasteiger partial charge < -0.3 is 5.01 Å². The van der Waals surface area contributed by atoms with Crippen LogP contribution in [0, 0.1) is 5.41 Å². The fraction of sp³-hybridized carbons (Fsp3) is 0.833. The van der Waals surface area contributed by atoms with E-state index in [-0.39, 0.29) is 5.41 Å². The number of aliphatic imine (C=N–C) groups is 1. The van der Waals surface area contributed by atoms with Crippen molar-refractivity contribution in [2.24, 2.45) is 16.3 Å². The maximum Gasteiger partial charge on any atom is 0.0990 e. The normalized spacial score (nSPS) is 24.6. The molecule has 3 heteroatoms. The second-order valence-corrected chi connectivity index (χ2v) is 3.29. The monoisotopic (exact) mass is 127 g/mol. The Kier molecular flexibility index (Phi) is 1.45. The van der Waals surface area contributed by atoms with E-state index in [1.54, 1.807) is 11.3 Å². The second kappa shape index (κ2) is 1.99. The molecule has 0 spiro atoms. The van der Waals surface area contributed by atoms with Gasteiger partial charge in [0, 0.05) is 18.5 Å². The van der Waals surface area contributed by atoms with Gasteiger partial charge in [0.15, 0.2) is 0 Å². The van der Waals surface area contributed by atoms with Crippen LogP contribution in [-0.4, -0.2) is 24.4 Å². The Hall–Kier alpha value is -0.570. The average Bonchev–Trinajstić information content (AvgIpc) is 1.60. The lowest BCUT2D eigenvalue weighted by Gasteiger charge is -2.30. The molecule has 0 bridgehead atoms. The number of nitrogens with zero attached hydrogens (tertiary/aromatic N) is 2. The van der Waals surface area contributed by atoms with E-state index in [1.807, 2.05) is 0 Å². The molecule has 0 aromatic rings. The first-order valence-corrected chi connectivity index (χ1v) is 3.11. The van der Waals surface area contributed by atoms with E-state index >= 15 is 0 Å². The van der Waals surface area contributed by atoms with Gasteiger partial charge in [-0.3, -0.25) is 4.99 Å². The van der Waals surface area contributed by atoms with E-state index in [0.717, 1.165) is 13.1 Å². The average molecular weight is 127 g/mol. The molecule has 0 amide bonds. The minimum atomic E-state index is 0.253. The van der Waals surface area contributed by atoms with Gasteiger partial charge in [-0.1, -0.05) is 13.8 Å². The highest BCUT2D eigenvalue weighted by atomic mass is 15.4. The third-order valence-electron chi connectivity index (χ3n) is 1.36. The van der Waals surface area contributed by atoms with Gasteiger partial charge >= 0.3 is 0 Å². The number of nitrogens with two attached hydrogens (primary N) is 1. The first kappa shape index (κ1) is 6.55. The molecule has 0 saturated carbocycles. The summed E-state index contributed by atoms with van der Waals surface area (Å²) in [5.74, 6) is 5.49. The molecule has 1 aliphatic rings. The summed E-state index contributed by atoms with van der Waals surface area (Å²) >= 11 is 0. The van der Waals surface area contributed by atoms with Gasteiger partial charge in [-0.2, -0.15) is 0 Å². The molecule has 0 aromatic heterocycles. The van der Waals surface area contributed by atoms with Crippen LogP contribution in [0.2, 0.25) is 0 Å². The first-order chi connectivity index (χ1) is 4.10. The minimum Gasteiger partial charge on any atom is -0.301 e. The van der Waals surface area contributed by atoms with Crippen LogP contribution in [-0.2, 0) is 0 Å². The van der Waals surface area contributed by atoms with Crippen LogP contribution in [0.1, 0.15) is 13.8 Å². The third-order valence-corrected chi connectivity index (χ3v) is 1.36. The maximum absolute atomic E-state index is 5.49. The molecule has 0 aliphatic carbocycles. The highest BCUT2D eigenvalue weighted by Crippen LogP contribution is 2.17. The molecule has 1 heterocycles. The molecule has 1 aliphatic heterocycles. The predicted octanol–water partition coefficient (Wildman–Crippen LogP) is 0.230. The van der Waals surface area contributed by atoms with Crippen LogP contribution in [0.3, 0.4) is 0 Å². The topological polar surface area (TPSA) is 41.6 Å². The van der Waals surface area contributed by atoms with Gasteiger partial charge in [-0.25, -0.2) is 5.84 Å². The molecule has 0 unspecified atom stereocenters. The molecule has 9 heavy (non-hydrogen) atoms. The summed E-state index contributed by atoms with van der Waals surface area (Å²) in [6.45, 7) is 6.10. The minimum absolute atomic E-state index is 0.253. The van der Waals surface area contributed by atoms with Gasteiger partial charge in [-0.15, -0.1) is 0 Å². The van der Waals surface area contributed by atoms with E-state index in [1.165, 1.54) is 0 Å². The van der Waals surface area contributed by atoms with Crippen LogP contribution in [0.25, 0.3) is 0 Å². The summed E-state index contributed by atoms with van der Waals surface area (Å²) in [6, 6.07) is 0. The standard InChI is InChI=1S/C6H13N3/c1-6(2)3-8-5-9(7)4-6/h5H,3-4,7H2,1-2H3. The maximum atomic E-state index is 5.49. The number of hydrogen-bond acceptors (Lipinski definition) is 3. The SMILES string of the molecule is CC1(C)CN=CN(N)C1. The van der Waals surface area contributed by atoms with Crippen LogP contribution in [0.5, 0.6) is 0 Å². The quantitative estimate of drug-likeness (QED) is 0.473. The van der Waals surface area contributed by atoms with Crippen LogP contribution in [0.4, 0.5) is 0 Å². The summed E-state index contributed by atoms with van der Waals surface area (Å²) in [4.78, 5) is 4.09. The second-order valence-electron chi connectivity index (χ2n) is 3.29. The van der Waals surface area contributed by atoms with E-state index < -0.39 is 0 Å². The van der Waals surface area contributed by atoms with Crippen molar-refractivity contribution in [2.45, 2.75) is 13.8 Å². The Morgan fingerprint density at radius 1 is 1.67 bits per heavy atom. The van der Waals surface area contributed by atoms with E-state index in [0.29, 0.717) is 0 Å². The van der Waals surface area contributed by atoms with Gasteiger partial charge in [0.25, 0.3) is 0 Å².